The van der Waals surface area contributed by atoms with Crippen LogP contribution in [0.2, 0.25) is 0 Å². The average molecular weight is 327 g/mol. The Morgan fingerprint density at radius 2 is 1.70 bits per heavy atom. The Labute approximate surface area is 136 Å². The first-order valence-corrected chi connectivity index (χ1v) is 7.64. The van der Waals surface area contributed by atoms with Crippen LogP contribution in [-0.4, -0.2) is 27.1 Å². The minimum atomic E-state index is -1.02. The fraction of sp³-hybridized carbons (Fsp3) is 0.0588. The number of hydrogen-bond acceptors (Lipinski definition) is 3. The SMILES string of the molecule is Cc1ccc2c(Sc3ccc(C(=O)O)cc3)c(C(=O)O)[nH]c2c1. The third kappa shape index (κ3) is 2.93. The van der Waals surface area contributed by atoms with Crippen molar-refractivity contribution < 1.29 is 19.8 Å². The van der Waals surface area contributed by atoms with E-state index in [9.17, 15) is 14.7 Å². The summed E-state index contributed by atoms with van der Waals surface area (Å²) in [6.45, 7) is 1.94. The smallest absolute Gasteiger partial charge is 0.353 e. The molecule has 3 aromatic rings. The minimum Gasteiger partial charge on any atom is -0.478 e. The Balaban J connectivity index is 2.06. The van der Waals surface area contributed by atoms with E-state index in [4.69, 9.17) is 5.11 Å². The van der Waals surface area contributed by atoms with Crippen LogP contribution in [-0.2, 0) is 0 Å². The van der Waals surface area contributed by atoms with Crippen molar-refractivity contribution in [2.24, 2.45) is 0 Å². The largest absolute Gasteiger partial charge is 0.478 e. The third-order valence-electron chi connectivity index (χ3n) is 3.44. The van der Waals surface area contributed by atoms with E-state index in [0.29, 0.717) is 4.90 Å². The summed E-state index contributed by atoms with van der Waals surface area (Å²) in [7, 11) is 0. The van der Waals surface area contributed by atoms with E-state index in [1.54, 1.807) is 12.1 Å². The number of nitrogens with one attached hydrogen (secondary N) is 1. The highest BCUT2D eigenvalue weighted by atomic mass is 32.2. The monoisotopic (exact) mass is 327 g/mol. The normalized spacial score (nSPS) is 10.8. The summed E-state index contributed by atoms with van der Waals surface area (Å²) in [5.74, 6) is -2.01. The maximum Gasteiger partial charge on any atom is 0.353 e. The summed E-state index contributed by atoms with van der Waals surface area (Å²) in [4.78, 5) is 26.7. The van der Waals surface area contributed by atoms with E-state index in [2.05, 4.69) is 4.98 Å². The van der Waals surface area contributed by atoms with Crippen molar-refractivity contribution in [2.75, 3.05) is 0 Å². The summed E-state index contributed by atoms with van der Waals surface area (Å²) in [6.07, 6.45) is 0. The van der Waals surface area contributed by atoms with Crippen molar-refractivity contribution >= 4 is 34.6 Å². The number of benzene rings is 2. The van der Waals surface area contributed by atoms with Crippen molar-refractivity contribution in [1.29, 1.82) is 0 Å². The van der Waals surface area contributed by atoms with Gasteiger partial charge in [-0.1, -0.05) is 23.9 Å². The first-order chi connectivity index (χ1) is 11.0. The van der Waals surface area contributed by atoms with Gasteiger partial charge in [0.25, 0.3) is 0 Å². The molecule has 1 heterocycles. The van der Waals surface area contributed by atoms with Crippen molar-refractivity contribution in [3.8, 4) is 0 Å². The highest BCUT2D eigenvalue weighted by Crippen LogP contribution is 2.37. The molecule has 0 unspecified atom stereocenters. The fourth-order valence-electron chi connectivity index (χ4n) is 2.33. The highest BCUT2D eigenvalue weighted by molar-refractivity contribution is 7.99. The number of hydrogen-bond donors (Lipinski definition) is 3. The van der Waals surface area contributed by atoms with E-state index < -0.39 is 11.9 Å². The number of fused-ring (bicyclic) bond motifs is 1. The zero-order chi connectivity index (χ0) is 16.6. The van der Waals surface area contributed by atoms with E-state index in [1.165, 1.54) is 23.9 Å². The highest BCUT2D eigenvalue weighted by Gasteiger charge is 2.18. The molecule has 0 saturated heterocycles. The minimum absolute atomic E-state index is 0.137. The number of H-pyrrole nitrogens is 1. The number of carboxylic acids is 2. The lowest BCUT2D eigenvalue weighted by molar-refractivity contribution is 0.0681. The first kappa shape index (κ1) is 15.2. The van der Waals surface area contributed by atoms with E-state index in [1.807, 2.05) is 25.1 Å². The van der Waals surface area contributed by atoms with Gasteiger partial charge in [0.15, 0.2) is 0 Å². The standard InChI is InChI=1S/C17H13NO4S/c1-9-2-7-12-13(8-9)18-14(17(21)22)15(12)23-11-5-3-10(4-6-11)16(19)20/h2-8,18H,1H3,(H,19,20)(H,21,22). The van der Waals surface area contributed by atoms with Gasteiger partial charge in [-0.3, -0.25) is 0 Å². The fourth-order valence-corrected chi connectivity index (χ4v) is 3.36. The quantitative estimate of drug-likeness (QED) is 0.673. The summed E-state index contributed by atoms with van der Waals surface area (Å²) in [5, 5.41) is 19.2. The van der Waals surface area contributed by atoms with Gasteiger partial charge in [-0.25, -0.2) is 9.59 Å². The average Bonchev–Trinajstić information content (AvgIpc) is 2.86. The van der Waals surface area contributed by atoms with Crippen LogP contribution in [0.5, 0.6) is 0 Å². The number of carbonyl (C=O) groups is 2. The van der Waals surface area contributed by atoms with Gasteiger partial charge in [-0.15, -0.1) is 0 Å². The van der Waals surface area contributed by atoms with Crippen molar-refractivity contribution in [1.82, 2.24) is 4.98 Å². The van der Waals surface area contributed by atoms with Crippen LogP contribution in [0.25, 0.3) is 10.9 Å². The van der Waals surface area contributed by atoms with Gasteiger partial charge >= 0.3 is 11.9 Å². The second-order valence-corrected chi connectivity index (χ2v) is 6.20. The molecule has 116 valence electrons. The van der Waals surface area contributed by atoms with Crippen LogP contribution in [0.15, 0.2) is 52.3 Å². The predicted molar refractivity (Wildman–Crippen MR) is 87.5 cm³/mol. The molecule has 0 fully saturated rings. The lowest BCUT2D eigenvalue weighted by atomic mass is 10.2. The molecule has 6 heteroatoms. The van der Waals surface area contributed by atoms with Crippen LogP contribution in [0.1, 0.15) is 26.4 Å². The molecular weight excluding hydrogens is 314 g/mol. The zero-order valence-electron chi connectivity index (χ0n) is 12.2. The number of aromatic nitrogens is 1. The Bertz CT molecular complexity index is 912. The van der Waals surface area contributed by atoms with Gasteiger partial charge in [-0.2, -0.15) is 0 Å². The maximum atomic E-state index is 11.5. The second kappa shape index (κ2) is 5.81. The molecule has 0 saturated carbocycles. The number of aryl methyl sites for hydroxylation is 1. The predicted octanol–water partition coefficient (Wildman–Crippen LogP) is 4.02. The van der Waals surface area contributed by atoms with Crippen molar-refractivity contribution in [3.63, 3.8) is 0 Å². The summed E-state index contributed by atoms with van der Waals surface area (Å²) in [5.41, 5.74) is 2.14. The van der Waals surface area contributed by atoms with Crippen LogP contribution in [0.3, 0.4) is 0 Å². The van der Waals surface area contributed by atoms with Crippen LogP contribution < -0.4 is 0 Å². The Kier molecular flexibility index (Phi) is 3.83. The molecule has 23 heavy (non-hydrogen) atoms. The van der Waals surface area contributed by atoms with Crippen LogP contribution in [0.4, 0.5) is 0 Å². The van der Waals surface area contributed by atoms with E-state index in [0.717, 1.165) is 21.4 Å². The lowest BCUT2D eigenvalue weighted by Crippen LogP contribution is -1.98. The maximum absolute atomic E-state index is 11.5. The van der Waals surface area contributed by atoms with Gasteiger partial charge in [0, 0.05) is 15.8 Å². The number of aromatic amines is 1. The molecule has 0 aliphatic rings. The Morgan fingerprint density at radius 1 is 1.00 bits per heavy atom. The Morgan fingerprint density at radius 3 is 2.30 bits per heavy atom. The van der Waals surface area contributed by atoms with Gasteiger partial charge in [0.1, 0.15) is 5.69 Å². The zero-order valence-corrected chi connectivity index (χ0v) is 13.0. The first-order valence-electron chi connectivity index (χ1n) is 6.82. The summed E-state index contributed by atoms with van der Waals surface area (Å²) < 4.78 is 0. The number of aromatic carboxylic acids is 2. The molecule has 0 atom stereocenters. The second-order valence-electron chi connectivity index (χ2n) is 5.11. The molecule has 0 aliphatic carbocycles. The van der Waals surface area contributed by atoms with Crippen molar-refractivity contribution in [2.45, 2.75) is 16.7 Å². The van der Waals surface area contributed by atoms with Gasteiger partial charge in [-0.05, 0) is 42.8 Å². The molecule has 2 aromatic carbocycles. The molecule has 0 radical (unpaired) electrons. The van der Waals surface area contributed by atoms with Gasteiger partial charge < -0.3 is 15.2 Å². The molecule has 0 amide bonds. The number of rotatable bonds is 4. The molecule has 0 spiro atoms. The van der Waals surface area contributed by atoms with Crippen LogP contribution >= 0.6 is 11.8 Å². The molecule has 3 N–H and O–H groups in total. The summed E-state index contributed by atoms with van der Waals surface area (Å²) in [6, 6.07) is 12.1. The third-order valence-corrected chi connectivity index (χ3v) is 4.58. The lowest BCUT2D eigenvalue weighted by Gasteiger charge is -2.03. The molecule has 3 rings (SSSR count). The van der Waals surface area contributed by atoms with Crippen molar-refractivity contribution in [3.05, 3.63) is 59.3 Å². The number of carboxylic acid groups (broad SMARTS) is 2. The topological polar surface area (TPSA) is 90.4 Å². The molecular formula is C17H13NO4S. The molecule has 0 aliphatic heterocycles. The molecule has 1 aromatic heterocycles. The van der Waals surface area contributed by atoms with E-state index in [-0.39, 0.29) is 11.3 Å². The molecule has 0 bridgehead atoms. The molecule has 5 nitrogen and oxygen atoms in total. The Hall–Kier alpha value is -2.73. The van der Waals surface area contributed by atoms with Gasteiger partial charge in [0.05, 0.1) is 10.5 Å². The van der Waals surface area contributed by atoms with E-state index >= 15 is 0 Å². The van der Waals surface area contributed by atoms with Crippen LogP contribution in [0, 0.1) is 6.92 Å². The van der Waals surface area contributed by atoms with Gasteiger partial charge in [0.2, 0.25) is 0 Å². The summed E-state index contributed by atoms with van der Waals surface area (Å²) >= 11 is 1.30.